The summed E-state index contributed by atoms with van der Waals surface area (Å²) in [4.78, 5) is 0. The number of nitrogens with one attached hydrogen (secondary N) is 4. The van der Waals surface area contributed by atoms with Crippen LogP contribution < -0.4 is 90.1 Å². The molecule has 0 aromatic carbocycles. The quantitative estimate of drug-likeness (QED) is 0.0315. The zero-order valence-corrected chi connectivity index (χ0v) is 38.2. The lowest BCUT2D eigenvalue weighted by Gasteiger charge is -2.04. The van der Waals surface area contributed by atoms with Gasteiger partial charge in [0.1, 0.15) is 0 Å². The third kappa shape index (κ3) is 151. The van der Waals surface area contributed by atoms with Crippen molar-refractivity contribution in [1.29, 1.82) is 0 Å². The van der Waals surface area contributed by atoms with Crippen molar-refractivity contribution in [1.82, 2.24) is 21.3 Å². The first-order valence-corrected chi connectivity index (χ1v) is 22.2. The molecule has 358 valence electrons. The molecule has 0 aromatic heterocycles. The van der Waals surface area contributed by atoms with Gasteiger partial charge < -0.3 is 99.9 Å². The van der Waals surface area contributed by atoms with E-state index in [4.69, 9.17) is 73.9 Å². The molecule has 0 heterocycles. The molecule has 0 radical (unpaired) electrons. The topological polar surface area (TPSA) is 390 Å². The van der Waals surface area contributed by atoms with E-state index in [9.17, 15) is 0 Å². The van der Waals surface area contributed by atoms with E-state index >= 15 is 0 Å². The first-order chi connectivity index (χ1) is 27.8. The number of ether oxygens (including phenoxy) is 1. The summed E-state index contributed by atoms with van der Waals surface area (Å²) in [7, 11) is 1.63. The Labute approximate surface area is 354 Å². The van der Waals surface area contributed by atoms with Gasteiger partial charge in [-0.3, -0.25) is 0 Å². The Balaban J connectivity index is -0.0000000827. The third-order valence-corrected chi connectivity index (χ3v) is 6.47. The van der Waals surface area contributed by atoms with Gasteiger partial charge in [-0.25, -0.2) is 0 Å². The molecule has 0 aliphatic heterocycles. The van der Waals surface area contributed by atoms with Gasteiger partial charge in [0.05, 0.1) is 6.61 Å². The Morgan fingerprint density at radius 3 is 0.789 bits per heavy atom. The molecule has 0 amide bonds. The van der Waals surface area contributed by atoms with Crippen molar-refractivity contribution in [3.05, 3.63) is 0 Å². The van der Waals surface area contributed by atoms with Crippen LogP contribution in [0.1, 0.15) is 104 Å². The molecule has 0 rings (SSSR count). The van der Waals surface area contributed by atoms with Crippen molar-refractivity contribution in [2.75, 3.05) is 151 Å². The summed E-state index contributed by atoms with van der Waals surface area (Å²) in [6.45, 7) is 22.6. The molecule has 57 heavy (non-hydrogen) atoms. The van der Waals surface area contributed by atoms with Gasteiger partial charge in [0, 0.05) is 33.4 Å². The fourth-order valence-electron chi connectivity index (χ4n) is 3.17. The second kappa shape index (κ2) is 100. The number of aliphatic hydroxyl groups excluding tert-OH is 1. The summed E-state index contributed by atoms with van der Waals surface area (Å²) in [5, 5.41) is 21.4. The van der Waals surface area contributed by atoms with E-state index < -0.39 is 0 Å². The number of rotatable bonds is 33. The molecule has 0 unspecified atom stereocenters. The van der Waals surface area contributed by atoms with Crippen LogP contribution in [0, 0.1) is 0 Å². The highest BCUT2D eigenvalue weighted by atomic mass is 16.5. The van der Waals surface area contributed by atoms with Crippen LogP contribution in [0.25, 0.3) is 0 Å². The van der Waals surface area contributed by atoms with Crippen molar-refractivity contribution >= 4 is 0 Å². The first-order valence-electron chi connectivity index (χ1n) is 22.2. The molecular weight excluding hydrogens is 725 g/mol. The van der Waals surface area contributed by atoms with Crippen LogP contribution >= 0.6 is 0 Å². The van der Waals surface area contributed by atoms with Crippen LogP contribution in [0.4, 0.5) is 0 Å². The molecule has 0 atom stereocenters. The predicted octanol–water partition coefficient (Wildman–Crippen LogP) is -2.11. The van der Waals surface area contributed by atoms with E-state index in [1.165, 1.54) is 19.3 Å². The molecule has 0 saturated carbocycles. The molecular formula is C39H110N16O2. The SMILES string of the molecule is CCCN.CCCNCCCN.COCCN.NCCCCCN.NCCCCCO.NCCCNCCCN.NCCCNCCCNCCCN.NCCN. The Morgan fingerprint density at radius 2 is 0.596 bits per heavy atom. The first kappa shape index (κ1) is 73.8. The average Bonchev–Trinajstić information content (AvgIpc) is 3.24. The van der Waals surface area contributed by atoms with Gasteiger partial charge in [-0.2, -0.15) is 0 Å². The second-order valence-corrected chi connectivity index (χ2v) is 12.4. The number of methoxy groups -OCH3 is 1. The van der Waals surface area contributed by atoms with E-state index in [-0.39, 0.29) is 0 Å². The number of hydrogen-bond donors (Lipinski definition) is 17. The van der Waals surface area contributed by atoms with Gasteiger partial charge in [-0.05, 0) is 195 Å². The number of aliphatic hydroxyl groups is 1. The van der Waals surface area contributed by atoms with E-state index in [1.807, 2.05) is 0 Å². The summed E-state index contributed by atoms with van der Waals surface area (Å²) in [5.41, 5.74) is 62.0. The minimum absolute atomic E-state index is 0.306. The monoisotopic (exact) mass is 835 g/mol. The molecule has 18 heteroatoms. The van der Waals surface area contributed by atoms with Crippen LogP contribution in [0.5, 0.6) is 0 Å². The van der Waals surface area contributed by atoms with Crippen LogP contribution in [0.3, 0.4) is 0 Å². The zero-order chi connectivity index (χ0) is 45.0. The molecule has 18 nitrogen and oxygen atoms in total. The molecule has 0 saturated heterocycles. The highest BCUT2D eigenvalue weighted by Gasteiger charge is 1.88. The lowest BCUT2D eigenvalue weighted by atomic mass is 10.2. The van der Waals surface area contributed by atoms with Crippen molar-refractivity contribution < 1.29 is 9.84 Å². The lowest BCUT2D eigenvalue weighted by molar-refractivity contribution is 0.207. The minimum Gasteiger partial charge on any atom is -0.396 e. The van der Waals surface area contributed by atoms with Gasteiger partial charge in [-0.15, -0.1) is 0 Å². The third-order valence-electron chi connectivity index (χ3n) is 6.47. The van der Waals surface area contributed by atoms with E-state index in [1.54, 1.807) is 7.11 Å². The predicted molar refractivity (Wildman–Crippen MR) is 255 cm³/mol. The molecule has 0 aromatic rings. The number of unbranched alkanes of at least 4 members (excludes halogenated alkanes) is 4. The summed E-state index contributed by atoms with van der Waals surface area (Å²) < 4.78 is 4.57. The van der Waals surface area contributed by atoms with Crippen LogP contribution in [0.2, 0.25) is 0 Å². The normalized spacial score (nSPS) is 9.47. The number of nitrogens with two attached hydrogens (primary N) is 12. The van der Waals surface area contributed by atoms with Gasteiger partial charge in [0.15, 0.2) is 0 Å². The van der Waals surface area contributed by atoms with Crippen LogP contribution in [0.15, 0.2) is 0 Å². The van der Waals surface area contributed by atoms with Gasteiger partial charge in [0.2, 0.25) is 0 Å². The highest BCUT2D eigenvalue weighted by Crippen LogP contribution is 1.89. The molecule has 0 aliphatic carbocycles. The molecule has 0 aliphatic rings. The second-order valence-electron chi connectivity index (χ2n) is 12.4. The number of hydrogen-bond acceptors (Lipinski definition) is 18. The highest BCUT2D eigenvalue weighted by molar-refractivity contribution is 4.53. The van der Waals surface area contributed by atoms with Gasteiger partial charge in [0.25, 0.3) is 0 Å². The Bertz CT molecular complexity index is 450. The van der Waals surface area contributed by atoms with Crippen LogP contribution in [-0.2, 0) is 4.74 Å². The maximum absolute atomic E-state index is 8.25. The van der Waals surface area contributed by atoms with Crippen molar-refractivity contribution in [2.45, 2.75) is 104 Å². The largest absolute Gasteiger partial charge is 0.396 e. The summed E-state index contributed by atoms with van der Waals surface area (Å²) >= 11 is 0. The van der Waals surface area contributed by atoms with Crippen LogP contribution in [-0.4, -0.2) is 156 Å². The van der Waals surface area contributed by atoms with Crippen molar-refractivity contribution in [3.63, 3.8) is 0 Å². The summed E-state index contributed by atoms with van der Waals surface area (Å²) in [6.07, 6.45) is 15.3. The fourth-order valence-corrected chi connectivity index (χ4v) is 3.17. The van der Waals surface area contributed by atoms with Crippen molar-refractivity contribution in [3.8, 4) is 0 Å². The van der Waals surface area contributed by atoms with Gasteiger partial charge >= 0.3 is 0 Å². The molecule has 29 N–H and O–H groups in total. The minimum atomic E-state index is 0.306. The smallest absolute Gasteiger partial charge is 0.0584 e. The van der Waals surface area contributed by atoms with Crippen molar-refractivity contribution in [2.24, 2.45) is 68.8 Å². The average molecular weight is 835 g/mol. The molecule has 0 spiro atoms. The Kier molecular flexibility index (Phi) is 130. The zero-order valence-electron chi connectivity index (χ0n) is 38.2. The van der Waals surface area contributed by atoms with Gasteiger partial charge in [-0.1, -0.05) is 20.3 Å². The molecule has 0 bridgehead atoms. The van der Waals surface area contributed by atoms with E-state index in [2.05, 4.69) is 39.9 Å². The summed E-state index contributed by atoms with van der Waals surface area (Å²) in [5.74, 6) is 0. The standard InChI is InChI=1S/C9H24N4.C6H17N3.C6H16N2.C5H14N2.C5H13NO.C3H9NO.C3H9N.C2H8N2/c10-4-1-6-12-8-3-9-13-7-2-5-11;7-3-1-5-9-6-2-4-8;1-2-5-8-6-3-4-7;2*6-4-2-1-3-5-7;1-5-3-2-4;1-2-3-4;3-1-2-4/h12-13H,1-11H2;9H,1-8H2;8H,2-7H2,1H3;1-7H2;7H,1-6H2;2-4H2,1H3;2-4H2,1H3;1-4H2. The van der Waals surface area contributed by atoms with E-state index in [0.717, 1.165) is 182 Å². The maximum atomic E-state index is 8.25. The Morgan fingerprint density at radius 1 is 0.316 bits per heavy atom. The Hall–Kier alpha value is -0.720. The van der Waals surface area contributed by atoms with E-state index in [0.29, 0.717) is 32.8 Å². The molecule has 0 fully saturated rings. The fraction of sp³-hybridized carbons (Fsp3) is 1.00. The maximum Gasteiger partial charge on any atom is 0.0584 e. The lowest BCUT2D eigenvalue weighted by Crippen LogP contribution is -2.25. The summed E-state index contributed by atoms with van der Waals surface area (Å²) in [6, 6.07) is 0.